The average Bonchev–Trinajstić information content (AvgIpc) is 2.95. The summed E-state index contributed by atoms with van der Waals surface area (Å²) in [6.07, 6.45) is 5.21. The van der Waals surface area contributed by atoms with Gasteiger partial charge in [0.05, 0.1) is 6.61 Å². The van der Waals surface area contributed by atoms with Gasteiger partial charge in [0, 0.05) is 23.5 Å². The van der Waals surface area contributed by atoms with Gasteiger partial charge in [-0.05, 0) is 38.5 Å². The predicted octanol–water partition coefficient (Wildman–Crippen LogP) is 2.32. The minimum atomic E-state index is 0.441. The van der Waals surface area contributed by atoms with Gasteiger partial charge in [-0.1, -0.05) is 15.9 Å². The van der Waals surface area contributed by atoms with Crippen LogP contribution < -0.4 is 5.32 Å². The quantitative estimate of drug-likeness (QED) is 0.785. The second-order valence-electron chi connectivity index (χ2n) is 4.80. The molecule has 2 fully saturated rings. The maximum atomic E-state index is 5.50. The van der Waals surface area contributed by atoms with Crippen molar-refractivity contribution in [3.8, 4) is 0 Å². The van der Waals surface area contributed by atoms with Crippen LogP contribution in [0.25, 0.3) is 0 Å². The molecular formula is C11H20BrNO. The van der Waals surface area contributed by atoms with E-state index in [1.54, 1.807) is 0 Å². The Balaban J connectivity index is 1.68. The molecule has 14 heavy (non-hydrogen) atoms. The van der Waals surface area contributed by atoms with Crippen LogP contribution >= 0.6 is 15.9 Å². The van der Waals surface area contributed by atoms with Crippen LogP contribution in [0.4, 0.5) is 0 Å². The lowest BCUT2D eigenvalue weighted by molar-refractivity contribution is 0.0420. The molecule has 2 atom stereocenters. The van der Waals surface area contributed by atoms with Crippen LogP contribution in [0.2, 0.25) is 0 Å². The summed E-state index contributed by atoms with van der Waals surface area (Å²) in [5.74, 6) is 0.721. The number of ether oxygens (including phenoxy) is 1. The first-order valence-electron chi connectivity index (χ1n) is 5.70. The van der Waals surface area contributed by atoms with Crippen molar-refractivity contribution in [3.05, 3.63) is 0 Å². The summed E-state index contributed by atoms with van der Waals surface area (Å²) in [5, 5.41) is 3.63. The van der Waals surface area contributed by atoms with Crippen molar-refractivity contribution in [2.75, 3.05) is 19.8 Å². The smallest absolute Gasteiger partial charge is 0.0509 e. The molecule has 1 saturated carbocycles. The summed E-state index contributed by atoms with van der Waals surface area (Å²) in [5.41, 5.74) is 0. The van der Waals surface area contributed by atoms with E-state index in [4.69, 9.17) is 4.74 Å². The second-order valence-corrected chi connectivity index (χ2v) is 6.48. The maximum Gasteiger partial charge on any atom is 0.0509 e. The lowest BCUT2D eigenvalue weighted by atomic mass is 9.95. The average molecular weight is 262 g/mol. The van der Waals surface area contributed by atoms with E-state index in [2.05, 4.69) is 28.2 Å². The lowest BCUT2D eigenvalue weighted by Gasteiger charge is -2.29. The van der Waals surface area contributed by atoms with E-state index in [-0.39, 0.29) is 0 Å². The van der Waals surface area contributed by atoms with Gasteiger partial charge in [0.15, 0.2) is 0 Å². The van der Waals surface area contributed by atoms with Crippen LogP contribution in [0.1, 0.15) is 32.6 Å². The molecule has 0 amide bonds. The van der Waals surface area contributed by atoms with Crippen molar-refractivity contribution in [3.63, 3.8) is 0 Å². The van der Waals surface area contributed by atoms with Crippen molar-refractivity contribution < 1.29 is 4.74 Å². The molecular weight excluding hydrogens is 242 g/mol. The fraction of sp³-hybridized carbons (Fsp3) is 1.00. The minimum Gasteiger partial charge on any atom is -0.381 e. The van der Waals surface area contributed by atoms with Crippen LogP contribution in [0, 0.1) is 5.92 Å². The highest BCUT2D eigenvalue weighted by atomic mass is 79.9. The van der Waals surface area contributed by atoms with E-state index in [9.17, 15) is 0 Å². The molecule has 0 unspecified atom stereocenters. The Hall–Kier alpha value is 0.400. The number of halogens is 1. The molecule has 1 aliphatic heterocycles. The van der Waals surface area contributed by atoms with Crippen LogP contribution in [0.5, 0.6) is 0 Å². The number of rotatable bonds is 4. The Bertz CT molecular complexity index is 188. The number of hydrogen-bond donors (Lipinski definition) is 1. The lowest BCUT2D eigenvalue weighted by Crippen LogP contribution is -2.40. The van der Waals surface area contributed by atoms with Crippen molar-refractivity contribution in [2.24, 2.45) is 5.92 Å². The van der Waals surface area contributed by atoms with Crippen LogP contribution in [0.3, 0.4) is 0 Å². The van der Waals surface area contributed by atoms with Gasteiger partial charge < -0.3 is 10.1 Å². The molecule has 2 rings (SSSR count). The molecule has 82 valence electrons. The van der Waals surface area contributed by atoms with E-state index < -0.39 is 0 Å². The van der Waals surface area contributed by atoms with E-state index in [0.717, 1.165) is 25.7 Å². The third-order valence-electron chi connectivity index (χ3n) is 3.44. The molecule has 2 aliphatic rings. The normalized spacial score (nSPS) is 32.6. The fourth-order valence-corrected chi connectivity index (χ4v) is 2.34. The first-order valence-corrected chi connectivity index (χ1v) is 6.49. The zero-order valence-electron chi connectivity index (χ0n) is 8.89. The molecule has 1 N–H and O–H groups in total. The van der Waals surface area contributed by atoms with Crippen molar-refractivity contribution in [2.45, 2.75) is 43.0 Å². The van der Waals surface area contributed by atoms with E-state index in [1.807, 2.05) is 0 Å². The fourth-order valence-electron chi connectivity index (χ4n) is 1.98. The Morgan fingerprint density at radius 3 is 2.93 bits per heavy atom. The molecule has 0 aromatic heterocycles. The SMILES string of the molecule is C[C@H](NCC1(Br)CC1)[C@H]1CCCOC1. The van der Waals surface area contributed by atoms with Crippen molar-refractivity contribution in [1.82, 2.24) is 5.32 Å². The number of hydrogen-bond acceptors (Lipinski definition) is 2. The first kappa shape index (κ1) is 10.9. The first-order chi connectivity index (χ1) is 6.70. The summed E-state index contributed by atoms with van der Waals surface area (Å²) < 4.78 is 5.94. The second kappa shape index (κ2) is 4.50. The largest absolute Gasteiger partial charge is 0.381 e. The highest BCUT2D eigenvalue weighted by Crippen LogP contribution is 2.43. The van der Waals surface area contributed by atoms with Gasteiger partial charge in [0.1, 0.15) is 0 Å². The van der Waals surface area contributed by atoms with E-state index in [1.165, 1.54) is 25.7 Å². The Morgan fingerprint density at radius 2 is 2.36 bits per heavy atom. The molecule has 0 bridgehead atoms. The number of alkyl halides is 1. The highest BCUT2D eigenvalue weighted by molar-refractivity contribution is 9.10. The van der Waals surface area contributed by atoms with Gasteiger partial charge >= 0.3 is 0 Å². The summed E-state index contributed by atoms with van der Waals surface area (Å²) in [6, 6.07) is 0.602. The molecule has 1 heterocycles. The molecule has 0 radical (unpaired) electrons. The Kier molecular flexibility index (Phi) is 3.50. The molecule has 2 nitrogen and oxygen atoms in total. The van der Waals surface area contributed by atoms with Gasteiger partial charge in [-0.15, -0.1) is 0 Å². The molecule has 0 aromatic rings. The third-order valence-corrected chi connectivity index (χ3v) is 4.51. The van der Waals surface area contributed by atoms with E-state index in [0.29, 0.717) is 10.4 Å². The van der Waals surface area contributed by atoms with Crippen LogP contribution in [0.15, 0.2) is 0 Å². The summed E-state index contributed by atoms with van der Waals surface area (Å²) in [6.45, 7) is 5.32. The zero-order valence-corrected chi connectivity index (χ0v) is 10.5. The Labute approximate surface area is 94.9 Å². The molecule has 0 spiro atoms. The Morgan fingerprint density at radius 1 is 1.57 bits per heavy atom. The maximum absolute atomic E-state index is 5.50. The van der Waals surface area contributed by atoms with Crippen LogP contribution in [-0.4, -0.2) is 30.1 Å². The standard InChI is InChI=1S/C11H20BrNO/c1-9(10-3-2-6-14-7-10)13-8-11(12)4-5-11/h9-10,13H,2-8H2,1H3/t9-,10-/m0/s1. The molecule has 1 aliphatic carbocycles. The topological polar surface area (TPSA) is 21.3 Å². The van der Waals surface area contributed by atoms with Crippen molar-refractivity contribution in [1.29, 1.82) is 0 Å². The van der Waals surface area contributed by atoms with E-state index >= 15 is 0 Å². The summed E-state index contributed by atoms with van der Waals surface area (Å²) in [4.78, 5) is 0. The van der Waals surface area contributed by atoms with Gasteiger partial charge in [0.2, 0.25) is 0 Å². The molecule has 0 aromatic carbocycles. The minimum absolute atomic E-state index is 0.441. The van der Waals surface area contributed by atoms with Crippen LogP contribution in [-0.2, 0) is 4.74 Å². The van der Waals surface area contributed by atoms with Gasteiger partial charge in [0.25, 0.3) is 0 Å². The monoisotopic (exact) mass is 261 g/mol. The van der Waals surface area contributed by atoms with Gasteiger partial charge in [-0.3, -0.25) is 0 Å². The van der Waals surface area contributed by atoms with Gasteiger partial charge in [-0.2, -0.15) is 0 Å². The highest BCUT2D eigenvalue weighted by Gasteiger charge is 2.39. The number of nitrogens with one attached hydrogen (secondary N) is 1. The zero-order chi connectivity index (χ0) is 10.0. The molecule has 3 heteroatoms. The van der Waals surface area contributed by atoms with Crippen molar-refractivity contribution >= 4 is 15.9 Å². The summed E-state index contributed by atoms with van der Waals surface area (Å²) in [7, 11) is 0. The summed E-state index contributed by atoms with van der Waals surface area (Å²) >= 11 is 3.75. The van der Waals surface area contributed by atoms with Gasteiger partial charge in [-0.25, -0.2) is 0 Å². The predicted molar refractivity (Wildman–Crippen MR) is 61.9 cm³/mol. The molecule has 1 saturated heterocycles. The third kappa shape index (κ3) is 2.94.